The van der Waals surface area contributed by atoms with Gasteiger partial charge >= 0.3 is 0 Å². The number of amides is 2. The van der Waals surface area contributed by atoms with Gasteiger partial charge in [0.05, 0.1) is 25.3 Å². The largest absolute Gasteiger partial charge is 0.378 e. The molecule has 2 heterocycles. The van der Waals surface area contributed by atoms with E-state index in [1.165, 1.54) is 6.07 Å². The summed E-state index contributed by atoms with van der Waals surface area (Å²) >= 11 is 0. The van der Waals surface area contributed by atoms with Crippen LogP contribution in [0.2, 0.25) is 0 Å². The van der Waals surface area contributed by atoms with Gasteiger partial charge in [-0.05, 0) is 26.0 Å². The van der Waals surface area contributed by atoms with Gasteiger partial charge in [0, 0.05) is 51.0 Å². The summed E-state index contributed by atoms with van der Waals surface area (Å²) in [6.45, 7) is 8.78. The Kier molecular flexibility index (Phi) is 7.15. The van der Waals surface area contributed by atoms with Crippen LogP contribution in [0, 0.1) is 11.6 Å². The summed E-state index contributed by atoms with van der Waals surface area (Å²) in [4.78, 5) is 31.2. The molecule has 2 saturated heterocycles. The van der Waals surface area contributed by atoms with Crippen molar-refractivity contribution in [2.75, 3.05) is 57.8 Å². The molecule has 3 rings (SSSR count). The molecule has 0 saturated carbocycles. The number of rotatable bonds is 5. The summed E-state index contributed by atoms with van der Waals surface area (Å²) < 4.78 is 31.7. The summed E-state index contributed by atoms with van der Waals surface area (Å²) in [6, 6.07) is 2.66. The predicted molar refractivity (Wildman–Crippen MR) is 104 cm³/mol. The average Bonchev–Trinajstić information content (AvgIpc) is 2.75. The molecule has 2 fully saturated rings. The number of hydrogen-bond donors (Lipinski definition) is 1. The van der Waals surface area contributed by atoms with Gasteiger partial charge in [-0.1, -0.05) is 0 Å². The van der Waals surface area contributed by atoms with E-state index in [2.05, 4.69) is 10.2 Å². The zero-order valence-electron chi connectivity index (χ0n) is 16.9. The van der Waals surface area contributed by atoms with Crippen molar-refractivity contribution in [1.82, 2.24) is 14.7 Å². The number of morpholine rings is 1. The Hall–Kier alpha value is -2.10. The molecule has 0 aromatic heterocycles. The summed E-state index contributed by atoms with van der Waals surface area (Å²) in [7, 11) is 0. The van der Waals surface area contributed by atoms with E-state index in [-0.39, 0.29) is 23.5 Å². The van der Waals surface area contributed by atoms with E-state index in [0.29, 0.717) is 52.5 Å². The van der Waals surface area contributed by atoms with Crippen molar-refractivity contribution in [3.8, 4) is 0 Å². The van der Waals surface area contributed by atoms with Crippen LogP contribution in [0.15, 0.2) is 18.2 Å². The van der Waals surface area contributed by atoms with E-state index < -0.39 is 17.7 Å². The van der Waals surface area contributed by atoms with Crippen LogP contribution in [-0.2, 0) is 14.3 Å². The molecule has 2 aliphatic heterocycles. The highest BCUT2D eigenvalue weighted by Gasteiger charge is 2.32. The first-order chi connectivity index (χ1) is 13.9. The van der Waals surface area contributed by atoms with Gasteiger partial charge in [0.2, 0.25) is 11.8 Å². The summed E-state index contributed by atoms with van der Waals surface area (Å²) in [6.07, 6.45) is 0. The van der Waals surface area contributed by atoms with Crippen molar-refractivity contribution >= 4 is 17.5 Å². The molecule has 0 spiro atoms. The first-order valence-corrected chi connectivity index (χ1v) is 9.97. The van der Waals surface area contributed by atoms with Gasteiger partial charge < -0.3 is 15.0 Å². The molecule has 2 unspecified atom stereocenters. The van der Waals surface area contributed by atoms with Crippen molar-refractivity contribution in [3.05, 3.63) is 29.8 Å². The van der Waals surface area contributed by atoms with Gasteiger partial charge in [0.25, 0.3) is 0 Å². The monoisotopic (exact) mass is 410 g/mol. The van der Waals surface area contributed by atoms with Gasteiger partial charge in [-0.25, -0.2) is 8.78 Å². The highest BCUT2D eigenvalue weighted by molar-refractivity contribution is 5.94. The van der Waals surface area contributed by atoms with Gasteiger partial charge in [-0.2, -0.15) is 0 Å². The first kappa shape index (κ1) is 21.6. The van der Waals surface area contributed by atoms with Gasteiger partial charge in [0.15, 0.2) is 11.6 Å². The van der Waals surface area contributed by atoms with Crippen LogP contribution in [-0.4, -0.2) is 91.1 Å². The maximum absolute atomic E-state index is 13.3. The van der Waals surface area contributed by atoms with Gasteiger partial charge in [-0.3, -0.25) is 19.4 Å². The van der Waals surface area contributed by atoms with Crippen molar-refractivity contribution < 1.29 is 23.1 Å². The summed E-state index contributed by atoms with van der Waals surface area (Å²) in [5.41, 5.74) is 0.226. The maximum atomic E-state index is 13.3. The third-order valence-corrected chi connectivity index (χ3v) is 5.69. The molecule has 2 atom stereocenters. The molecular weight excluding hydrogens is 382 g/mol. The number of benzene rings is 1. The molecule has 160 valence electrons. The highest BCUT2D eigenvalue weighted by atomic mass is 19.2. The number of anilines is 1. The van der Waals surface area contributed by atoms with Crippen molar-refractivity contribution in [1.29, 1.82) is 0 Å². The second-order valence-electron chi connectivity index (χ2n) is 7.48. The number of carbonyl (C=O) groups is 2. The number of nitrogens with one attached hydrogen (secondary N) is 1. The molecule has 1 N–H and O–H groups in total. The fourth-order valence-electron chi connectivity index (χ4n) is 3.70. The lowest BCUT2D eigenvalue weighted by Crippen LogP contribution is -2.58. The van der Waals surface area contributed by atoms with Crippen LogP contribution < -0.4 is 5.32 Å². The smallest absolute Gasteiger partial charge is 0.241 e. The Morgan fingerprint density at radius 2 is 1.52 bits per heavy atom. The Labute approximate surface area is 169 Å². The minimum Gasteiger partial charge on any atom is -0.378 e. The van der Waals surface area contributed by atoms with E-state index >= 15 is 0 Å². The highest BCUT2D eigenvalue weighted by Crippen LogP contribution is 2.16. The minimum atomic E-state index is -0.997. The first-order valence-electron chi connectivity index (χ1n) is 9.97. The summed E-state index contributed by atoms with van der Waals surface area (Å²) in [5, 5.41) is 2.63. The number of nitrogens with zero attached hydrogens (tertiary/aromatic N) is 3. The SMILES string of the molecule is CC(C(=O)Nc1ccc(F)c(F)c1)N1CCN(C(C)C(=O)N2CCOCC2)CC1. The Balaban J connectivity index is 1.49. The number of piperazine rings is 1. The van der Waals surface area contributed by atoms with Gasteiger partial charge in [0.1, 0.15) is 0 Å². The van der Waals surface area contributed by atoms with E-state index in [0.717, 1.165) is 12.1 Å². The van der Waals surface area contributed by atoms with Crippen molar-refractivity contribution in [2.45, 2.75) is 25.9 Å². The number of halogens is 2. The molecule has 1 aromatic rings. The van der Waals surface area contributed by atoms with Crippen LogP contribution in [0.4, 0.5) is 14.5 Å². The fraction of sp³-hybridized carbons (Fsp3) is 0.600. The molecule has 29 heavy (non-hydrogen) atoms. The third-order valence-electron chi connectivity index (χ3n) is 5.69. The second kappa shape index (κ2) is 9.60. The van der Waals surface area contributed by atoms with E-state index in [1.54, 1.807) is 6.92 Å². The average molecular weight is 410 g/mol. The minimum absolute atomic E-state index is 0.117. The van der Waals surface area contributed by atoms with Crippen LogP contribution in [0.1, 0.15) is 13.8 Å². The summed E-state index contributed by atoms with van der Waals surface area (Å²) in [5.74, 6) is -2.11. The van der Waals surface area contributed by atoms with E-state index in [4.69, 9.17) is 4.74 Å². The lowest BCUT2D eigenvalue weighted by molar-refractivity contribution is -0.141. The molecule has 9 heteroatoms. The fourth-order valence-corrected chi connectivity index (χ4v) is 3.70. The van der Waals surface area contributed by atoms with Crippen molar-refractivity contribution in [3.63, 3.8) is 0 Å². The molecule has 0 bridgehead atoms. The Bertz CT molecular complexity index is 734. The third kappa shape index (κ3) is 5.29. The number of carbonyl (C=O) groups excluding carboxylic acids is 2. The zero-order valence-corrected chi connectivity index (χ0v) is 16.9. The Morgan fingerprint density at radius 3 is 2.10 bits per heavy atom. The molecule has 0 aliphatic carbocycles. The topological polar surface area (TPSA) is 65.1 Å². The number of hydrogen-bond acceptors (Lipinski definition) is 5. The molecule has 1 aromatic carbocycles. The van der Waals surface area contributed by atoms with Crippen LogP contribution >= 0.6 is 0 Å². The number of ether oxygens (including phenoxy) is 1. The standard InChI is InChI=1S/C20H28F2N4O3/c1-14(19(27)23-16-3-4-17(21)18(22)13-16)24-5-7-25(8-6-24)15(2)20(28)26-9-11-29-12-10-26/h3-4,13-15H,5-12H2,1-2H3,(H,23,27). The van der Waals surface area contributed by atoms with Crippen molar-refractivity contribution in [2.24, 2.45) is 0 Å². The maximum Gasteiger partial charge on any atom is 0.241 e. The second-order valence-corrected chi connectivity index (χ2v) is 7.48. The quantitative estimate of drug-likeness (QED) is 0.789. The van der Waals surface area contributed by atoms with E-state index in [9.17, 15) is 18.4 Å². The molecule has 0 radical (unpaired) electrons. The normalized spacial score (nSPS) is 20.9. The zero-order chi connectivity index (χ0) is 21.0. The van der Waals surface area contributed by atoms with Crippen LogP contribution in [0.25, 0.3) is 0 Å². The molecule has 2 amide bonds. The molecular formula is C20H28F2N4O3. The van der Waals surface area contributed by atoms with Crippen LogP contribution in [0.5, 0.6) is 0 Å². The lowest BCUT2D eigenvalue weighted by Gasteiger charge is -2.41. The molecule has 7 nitrogen and oxygen atoms in total. The predicted octanol–water partition coefficient (Wildman–Crippen LogP) is 1.16. The van der Waals surface area contributed by atoms with E-state index in [1.807, 2.05) is 16.7 Å². The molecule has 2 aliphatic rings. The Morgan fingerprint density at radius 1 is 0.931 bits per heavy atom. The lowest BCUT2D eigenvalue weighted by atomic mass is 10.1. The van der Waals surface area contributed by atoms with Gasteiger partial charge in [-0.15, -0.1) is 0 Å². The van der Waals surface area contributed by atoms with Crippen LogP contribution in [0.3, 0.4) is 0 Å².